The van der Waals surface area contributed by atoms with E-state index >= 15 is 0 Å². The number of rotatable bonds is 6. The van der Waals surface area contributed by atoms with Gasteiger partial charge in [0.1, 0.15) is 0 Å². The van der Waals surface area contributed by atoms with Gasteiger partial charge in [0, 0.05) is 25.0 Å². The van der Waals surface area contributed by atoms with E-state index in [0.717, 1.165) is 24.5 Å². The Morgan fingerprint density at radius 3 is 2.64 bits per heavy atom. The molecule has 1 aromatic carbocycles. The molecule has 2 heterocycles. The molecule has 3 N–H and O–H groups in total. The standard InChI is InChI=1S/C17H20ClN7/c1-3-24(4-2)14-9-8-12(11-13(14)18)21-17-22-16(19)25(23-17)15-7-5-6-10-20-15/h5-11H,3-4H2,1-2H3,(H3,19,21,22,23). The third kappa shape index (κ3) is 3.66. The molecular weight excluding hydrogens is 338 g/mol. The van der Waals surface area contributed by atoms with Gasteiger partial charge < -0.3 is 16.0 Å². The third-order valence-electron chi connectivity index (χ3n) is 3.81. The first-order chi connectivity index (χ1) is 12.1. The number of benzene rings is 1. The molecule has 0 saturated heterocycles. The van der Waals surface area contributed by atoms with Crippen LogP contribution in [0.15, 0.2) is 42.6 Å². The first-order valence-electron chi connectivity index (χ1n) is 8.07. The fourth-order valence-corrected chi connectivity index (χ4v) is 2.86. The summed E-state index contributed by atoms with van der Waals surface area (Å²) < 4.78 is 1.48. The maximum Gasteiger partial charge on any atom is 0.248 e. The Morgan fingerprint density at radius 1 is 1.20 bits per heavy atom. The van der Waals surface area contributed by atoms with E-state index in [2.05, 4.69) is 39.1 Å². The fraction of sp³-hybridized carbons (Fsp3) is 0.235. The zero-order valence-electron chi connectivity index (χ0n) is 14.1. The van der Waals surface area contributed by atoms with Gasteiger partial charge in [0.25, 0.3) is 0 Å². The highest BCUT2D eigenvalue weighted by molar-refractivity contribution is 6.33. The predicted molar refractivity (Wildman–Crippen MR) is 102 cm³/mol. The van der Waals surface area contributed by atoms with E-state index in [1.54, 1.807) is 6.20 Å². The SMILES string of the molecule is CCN(CC)c1ccc(Nc2nc(N)n(-c3ccccn3)n2)cc1Cl. The summed E-state index contributed by atoms with van der Waals surface area (Å²) in [6.45, 7) is 6.00. The summed E-state index contributed by atoms with van der Waals surface area (Å²) in [6, 6.07) is 11.3. The summed E-state index contributed by atoms with van der Waals surface area (Å²) in [5.74, 6) is 1.25. The minimum Gasteiger partial charge on any atom is -0.371 e. The van der Waals surface area contributed by atoms with Crippen molar-refractivity contribution in [1.29, 1.82) is 0 Å². The summed E-state index contributed by atoms with van der Waals surface area (Å²) in [4.78, 5) is 10.6. The molecule has 0 spiro atoms. The van der Waals surface area contributed by atoms with Crippen LogP contribution < -0.4 is 16.0 Å². The van der Waals surface area contributed by atoms with E-state index in [-0.39, 0.29) is 5.95 Å². The van der Waals surface area contributed by atoms with Gasteiger partial charge in [0.05, 0.1) is 10.7 Å². The minimum atomic E-state index is 0.257. The monoisotopic (exact) mass is 357 g/mol. The topological polar surface area (TPSA) is 84.9 Å². The van der Waals surface area contributed by atoms with Gasteiger partial charge in [-0.2, -0.15) is 9.67 Å². The van der Waals surface area contributed by atoms with E-state index in [0.29, 0.717) is 16.8 Å². The largest absolute Gasteiger partial charge is 0.371 e. The Hall–Kier alpha value is -2.80. The maximum atomic E-state index is 6.42. The summed E-state index contributed by atoms with van der Waals surface area (Å²) in [7, 11) is 0. The number of anilines is 4. The van der Waals surface area contributed by atoms with Gasteiger partial charge in [-0.1, -0.05) is 17.7 Å². The highest BCUT2D eigenvalue weighted by Gasteiger charge is 2.12. The van der Waals surface area contributed by atoms with Gasteiger partial charge >= 0.3 is 0 Å². The molecule has 0 atom stereocenters. The van der Waals surface area contributed by atoms with Crippen LogP contribution in [0.2, 0.25) is 5.02 Å². The Balaban J connectivity index is 1.83. The molecule has 3 aromatic rings. The summed E-state index contributed by atoms with van der Waals surface area (Å²) in [6.07, 6.45) is 1.68. The number of aromatic nitrogens is 4. The van der Waals surface area contributed by atoms with Gasteiger partial charge in [-0.25, -0.2) is 4.98 Å². The second-order valence-electron chi connectivity index (χ2n) is 5.36. The molecule has 8 heteroatoms. The van der Waals surface area contributed by atoms with E-state index in [4.69, 9.17) is 17.3 Å². The lowest BCUT2D eigenvalue weighted by Crippen LogP contribution is -2.22. The highest BCUT2D eigenvalue weighted by atomic mass is 35.5. The Morgan fingerprint density at radius 2 is 2.00 bits per heavy atom. The molecule has 25 heavy (non-hydrogen) atoms. The van der Waals surface area contributed by atoms with Crippen molar-refractivity contribution in [2.75, 3.05) is 29.0 Å². The third-order valence-corrected chi connectivity index (χ3v) is 4.11. The maximum absolute atomic E-state index is 6.42. The van der Waals surface area contributed by atoms with Crippen LogP contribution in [-0.2, 0) is 0 Å². The molecule has 0 aliphatic heterocycles. The van der Waals surface area contributed by atoms with Crippen LogP contribution in [0.4, 0.5) is 23.3 Å². The number of halogens is 1. The summed E-state index contributed by atoms with van der Waals surface area (Å²) >= 11 is 6.42. The lowest BCUT2D eigenvalue weighted by Gasteiger charge is -2.22. The first-order valence-corrected chi connectivity index (χ1v) is 8.45. The quantitative estimate of drug-likeness (QED) is 0.702. The van der Waals surface area contributed by atoms with E-state index < -0.39 is 0 Å². The average molecular weight is 358 g/mol. The Bertz CT molecular complexity index is 843. The zero-order valence-corrected chi connectivity index (χ0v) is 14.9. The minimum absolute atomic E-state index is 0.257. The van der Waals surface area contributed by atoms with Crippen LogP contribution in [-0.4, -0.2) is 32.8 Å². The second-order valence-corrected chi connectivity index (χ2v) is 5.76. The van der Waals surface area contributed by atoms with Crippen molar-refractivity contribution in [3.8, 4) is 5.82 Å². The Labute approximate surface area is 151 Å². The van der Waals surface area contributed by atoms with Crippen LogP contribution in [0.3, 0.4) is 0 Å². The molecule has 0 fully saturated rings. The van der Waals surface area contributed by atoms with E-state index in [1.807, 2.05) is 36.4 Å². The summed E-state index contributed by atoms with van der Waals surface area (Å²) in [5, 5.41) is 8.14. The second kappa shape index (κ2) is 7.40. The molecule has 0 unspecified atom stereocenters. The van der Waals surface area contributed by atoms with Crippen molar-refractivity contribution in [3.05, 3.63) is 47.6 Å². The Kier molecular flexibility index (Phi) is 5.04. The van der Waals surface area contributed by atoms with Crippen molar-refractivity contribution >= 4 is 34.9 Å². The number of nitrogens with one attached hydrogen (secondary N) is 1. The van der Waals surface area contributed by atoms with E-state index in [9.17, 15) is 0 Å². The van der Waals surface area contributed by atoms with Gasteiger partial charge in [-0.15, -0.1) is 5.10 Å². The van der Waals surface area contributed by atoms with Gasteiger partial charge in [0.15, 0.2) is 5.82 Å². The number of hydrogen-bond donors (Lipinski definition) is 2. The van der Waals surface area contributed by atoms with E-state index in [1.165, 1.54) is 4.68 Å². The molecule has 130 valence electrons. The smallest absolute Gasteiger partial charge is 0.248 e. The molecule has 0 aliphatic carbocycles. The molecule has 0 radical (unpaired) electrons. The van der Waals surface area contributed by atoms with Crippen LogP contribution in [0, 0.1) is 0 Å². The van der Waals surface area contributed by atoms with Crippen LogP contribution in [0.25, 0.3) is 5.82 Å². The van der Waals surface area contributed by atoms with Crippen LogP contribution >= 0.6 is 11.6 Å². The summed E-state index contributed by atoms with van der Waals surface area (Å²) in [5.41, 5.74) is 7.73. The molecule has 0 amide bonds. The molecule has 3 rings (SSSR count). The van der Waals surface area contributed by atoms with Gasteiger partial charge in [0.2, 0.25) is 11.9 Å². The number of nitrogen functional groups attached to an aromatic ring is 1. The number of hydrogen-bond acceptors (Lipinski definition) is 6. The van der Waals surface area contributed by atoms with Crippen molar-refractivity contribution < 1.29 is 0 Å². The normalized spacial score (nSPS) is 10.7. The molecular formula is C17H20ClN7. The van der Waals surface area contributed by atoms with Gasteiger partial charge in [-0.05, 0) is 44.2 Å². The molecule has 0 saturated carbocycles. The number of nitrogens with two attached hydrogens (primary N) is 1. The van der Waals surface area contributed by atoms with Crippen molar-refractivity contribution in [2.45, 2.75) is 13.8 Å². The number of pyridine rings is 1. The highest BCUT2D eigenvalue weighted by Crippen LogP contribution is 2.29. The van der Waals surface area contributed by atoms with Crippen molar-refractivity contribution in [2.24, 2.45) is 0 Å². The molecule has 7 nitrogen and oxygen atoms in total. The molecule has 2 aromatic heterocycles. The van der Waals surface area contributed by atoms with Crippen molar-refractivity contribution in [3.63, 3.8) is 0 Å². The predicted octanol–water partition coefficient (Wildman–Crippen LogP) is 3.49. The van der Waals surface area contributed by atoms with Crippen LogP contribution in [0.5, 0.6) is 0 Å². The molecule has 0 bridgehead atoms. The van der Waals surface area contributed by atoms with Gasteiger partial charge in [-0.3, -0.25) is 0 Å². The average Bonchev–Trinajstić information content (AvgIpc) is 2.98. The fourth-order valence-electron chi connectivity index (χ4n) is 2.56. The first kappa shape index (κ1) is 17.0. The van der Waals surface area contributed by atoms with Crippen molar-refractivity contribution in [1.82, 2.24) is 19.7 Å². The molecule has 0 aliphatic rings. The lowest BCUT2D eigenvalue weighted by molar-refractivity contribution is 0.859. The zero-order chi connectivity index (χ0) is 17.8. The van der Waals surface area contributed by atoms with Crippen LogP contribution in [0.1, 0.15) is 13.8 Å². The number of nitrogens with zero attached hydrogens (tertiary/aromatic N) is 5. The lowest BCUT2D eigenvalue weighted by atomic mass is 10.2.